The molecule has 1 saturated heterocycles. The van der Waals surface area contributed by atoms with E-state index in [2.05, 4.69) is 4.72 Å². The highest BCUT2D eigenvalue weighted by Gasteiger charge is 2.39. The number of hydrogen-bond donors (Lipinski definition) is 2. The van der Waals surface area contributed by atoms with Crippen molar-refractivity contribution in [3.8, 4) is 0 Å². The highest BCUT2D eigenvalue weighted by atomic mass is 32.2. The number of benzene rings is 1. The van der Waals surface area contributed by atoms with Crippen LogP contribution in [0.15, 0.2) is 29.2 Å². The fourth-order valence-electron chi connectivity index (χ4n) is 2.28. The van der Waals surface area contributed by atoms with Gasteiger partial charge in [0.2, 0.25) is 10.0 Å². The first-order valence-corrected chi connectivity index (χ1v) is 7.95. The molecule has 0 amide bonds. The fourth-order valence-corrected chi connectivity index (χ4v) is 3.84. The van der Waals surface area contributed by atoms with Gasteiger partial charge in [0.1, 0.15) is 0 Å². The first-order chi connectivity index (χ1) is 10.1. The van der Waals surface area contributed by atoms with Gasteiger partial charge in [0, 0.05) is 19.1 Å². The Morgan fingerprint density at radius 2 is 2.05 bits per heavy atom. The number of aliphatic carboxylic acids is 1. The molecule has 2 atom stereocenters. The molecular formula is C13H15F2NO5S. The quantitative estimate of drug-likeness (QED) is 0.846. The lowest BCUT2D eigenvalue weighted by molar-refractivity contribution is -0.148. The second-order valence-electron chi connectivity index (χ2n) is 5.03. The van der Waals surface area contributed by atoms with Crippen LogP contribution in [0, 0.1) is 0 Å². The summed E-state index contributed by atoms with van der Waals surface area (Å²) in [6.45, 7) is 0.676. The standard InChI is InChI=1S/C13H15F2NO5S/c1-13(14,15)8-4-2-3-5-10(8)22(19,20)16-9-6-7-21-11(9)12(17)18/h2-5,9,11,16H,6-7H2,1H3,(H,17,18)/t9-,11+/m1/s1. The molecule has 2 N–H and O–H groups in total. The number of carboxylic acids is 1. The Bertz CT molecular complexity index is 671. The summed E-state index contributed by atoms with van der Waals surface area (Å²) in [5.74, 6) is -4.65. The molecule has 1 aromatic rings. The average Bonchev–Trinajstić information content (AvgIpc) is 2.85. The van der Waals surface area contributed by atoms with Crippen molar-refractivity contribution < 1.29 is 31.8 Å². The molecule has 6 nitrogen and oxygen atoms in total. The van der Waals surface area contributed by atoms with Gasteiger partial charge in [-0.3, -0.25) is 0 Å². The van der Waals surface area contributed by atoms with Crippen LogP contribution >= 0.6 is 0 Å². The van der Waals surface area contributed by atoms with Crippen LogP contribution in [-0.2, 0) is 25.5 Å². The minimum absolute atomic E-state index is 0.0791. The number of sulfonamides is 1. The van der Waals surface area contributed by atoms with Crippen molar-refractivity contribution in [1.82, 2.24) is 4.72 Å². The highest BCUT2D eigenvalue weighted by molar-refractivity contribution is 7.89. The lowest BCUT2D eigenvalue weighted by atomic mass is 10.1. The minimum atomic E-state index is -4.30. The first-order valence-electron chi connectivity index (χ1n) is 6.47. The number of carbonyl (C=O) groups is 1. The molecule has 122 valence electrons. The fraction of sp³-hybridized carbons (Fsp3) is 0.462. The number of halogens is 2. The molecule has 0 aromatic heterocycles. The molecule has 0 radical (unpaired) electrons. The molecule has 0 spiro atoms. The van der Waals surface area contributed by atoms with Gasteiger partial charge >= 0.3 is 5.97 Å². The average molecular weight is 335 g/mol. The summed E-state index contributed by atoms with van der Waals surface area (Å²) in [6, 6.07) is 3.71. The van der Waals surface area contributed by atoms with Gasteiger partial charge in [-0.15, -0.1) is 0 Å². The minimum Gasteiger partial charge on any atom is -0.479 e. The SMILES string of the molecule is CC(F)(F)c1ccccc1S(=O)(=O)N[C@@H]1CCO[C@@H]1C(=O)O. The predicted molar refractivity (Wildman–Crippen MR) is 72.1 cm³/mol. The van der Waals surface area contributed by atoms with Crippen molar-refractivity contribution in [1.29, 1.82) is 0 Å². The summed E-state index contributed by atoms with van der Waals surface area (Å²) >= 11 is 0. The van der Waals surface area contributed by atoms with E-state index in [9.17, 15) is 22.0 Å². The molecule has 0 unspecified atom stereocenters. The summed E-state index contributed by atoms with van der Waals surface area (Å²) < 4.78 is 58.8. The highest BCUT2D eigenvalue weighted by Crippen LogP contribution is 2.32. The van der Waals surface area contributed by atoms with Crippen LogP contribution in [0.2, 0.25) is 0 Å². The second-order valence-corrected chi connectivity index (χ2v) is 6.71. The van der Waals surface area contributed by atoms with Crippen molar-refractivity contribution in [2.24, 2.45) is 0 Å². The number of alkyl halides is 2. The van der Waals surface area contributed by atoms with E-state index in [1.54, 1.807) is 0 Å². The molecule has 0 aliphatic carbocycles. The monoisotopic (exact) mass is 335 g/mol. The largest absolute Gasteiger partial charge is 0.479 e. The Morgan fingerprint density at radius 1 is 1.41 bits per heavy atom. The van der Waals surface area contributed by atoms with Crippen molar-refractivity contribution in [2.75, 3.05) is 6.61 Å². The Kier molecular flexibility index (Phi) is 4.50. The Labute approximate surface area is 126 Å². The number of ether oxygens (including phenoxy) is 1. The molecule has 1 aliphatic rings. The molecule has 0 saturated carbocycles. The lowest BCUT2D eigenvalue weighted by Crippen LogP contribution is -2.44. The molecule has 2 rings (SSSR count). The van der Waals surface area contributed by atoms with Crippen LogP contribution < -0.4 is 4.72 Å². The van der Waals surface area contributed by atoms with Gasteiger partial charge in [-0.2, -0.15) is 0 Å². The maximum absolute atomic E-state index is 13.6. The van der Waals surface area contributed by atoms with Crippen molar-refractivity contribution >= 4 is 16.0 Å². The van der Waals surface area contributed by atoms with Crippen LogP contribution in [0.25, 0.3) is 0 Å². The number of rotatable bonds is 5. The molecule has 1 aromatic carbocycles. The topological polar surface area (TPSA) is 92.7 Å². The van der Waals surface area contributed by atoms with Crippen LogP contribution in [0.4, 0.5) is 8.78 Å². The van der Waals surface area contributed by atoms with E-state index >= 15 is 0 Å². The molecule has 1 heterocycles. The molecular weight excluding hydrogens is 320 g/mol. The van der Waals surface area contributed by atoms with Gasteiger partial charge < -0.3 is 9.84 Å². The molecule has 1 aliphatic heterocycles. The Balaban J connectivity index is 2.34. The second kappa shape index (κ2) is 5.90. The van der Waals surface area contributed by atoms with E-state index in [4.69, 9.17) is 9.84 Å². The van der Waals surface area contributed by atoms with Gasteiger partial charge in [0.05, 0.1) is 10.9 Å². The summed E-state index contributed by atoms with van der Waals surface area (Å²) in [7, 11) is -4.30. The van der Waals surface area contributed by atoms with Gasteiger partial charge in [-0.05, 0) is 12.5 Å². The normalized spacial score (nSPS) is 22.7. The van der Waals surface area contributed by atoms with E-state index in [-0.39, 0.29) is 13.0 Å². The molecule has 9 heteroatoms. The summed E-state index contributed by atoms with van der Waals surface area (Å²) in [4.78, 5) is 10.4. The summed E-state index contributed by atoms with van der Waals surface area (Å²) in [5.41, 5.74) is -0.645. The summed E-state index contributed by atoms with van der Waals surface area (Å²) in [6.07, 6.45) is -1.18. The third kappa shape index (κ3) is 3.42. The van der Waals surface area contributed by atoms with E-state index in [1.807, 2.05) is 0 Å². The van der Waals surface area contributed by atoms with Gasteiger partial charge in [-0.25, -0.2) is 26.7 Å². The number of carboxylic acid groups (broad SMARTS) is 1. The zero-order chi connectivity index (χ0) is 16.5. The van der Waals surface area contributed by atoms with Gasteiger partial charge in [0.15, 0.2) is 6.10 Å². The van der Waals surface area contributed by atoms with E-state index in [0.717, 1.165) is 12.1 Å². The third-order valence-electron chi connectivity index (χ3n) is 3.29. The zero-order valence-electron chi connectivity index (χ0n) is 11.6. The van der Waals surface area contributed by atoms with Crippen LogP contribution in [0.3, 0.4) is 0 Å². The zero-order valence-corrected chi connectivity index (χ0v) is 12.4. The Hall–Kier alpha value is -1.58. The van der Waals surface area contributed by atoms with Crippen LogP contribution in [0.1, 0.15) is 18.9 Å². The molecule has 0 bridgehead atoms. The smallest absolute Gasteiger partial charge is 0.334 e. The molecule has 1 fully saturated rings. The van der Waals surface area contributed by atoms with E-state index < -0.39 is 44.5 Å². The van der Waals surface area contributed by atoms with Crippen LogP contribution in [0.5, 0.6) is 0 Å². The predicted octanol–water partition coefficient (Wildman–Crippen LogP) is 1.32. The van der Waals surface area contributed by atoms with Crippen molar-refractivity contribution in [3.05, 3.63) is 29.8 Å². The van der Waals surface area contributed by atoms with E-state index in [0.29, 0.717) is 6.92 Å². The number of nitrogens with one attached hydrogen (secondary N) is 1. The maximum atomic E-state index is 13.6. The van der Waals surface area contributed by atoms with Gasteiger partial charge in [0.25, 0.3) is 5.92 Å². The number of hydrogen-bond acceptors (Lipinski definition) is 4. The lowest BCUT2D eigenvalue weighted by Gasteiger charge is -2.20. The Morgan fingerprint density at radius 3 is 2.64 bits per heavy atom. The van der Waals surface area contributed by atoms with Crippen molar-refractivity contribution in [3.63, 3.8) is 0 Å². The van der Waals surface area contributed by atoms with E-state index in [1.165, 1.54) is 12.1 Å². The van der Waals surface area contributed by atoms with Gasteiger partial charge in [-0.1, -0.05) is 18.2 Å². The summed E-state index contributed by atoms with van der Waals surface area (Å²) in [5, 5.41) is 8.96. The maximum Gasteiger partial charge on any atom is 0.334 e. The van der Waals surface area contributed by atoms with Crippen molar-refractivity contribution in [2.45, 2.75) is 36.3 Å². The van der Waals surface area contributed by atoms with Crippen LogP contribution in [-0.4, -0.2) is 38.2 Å². The third-order valence-corrected chi connectivity index (χ3v) is 4.84. The molecule has 22 heavy (non-hydrogen) atoms. The first kappa shape index (κ1) is 16.8.